The van der Waals surface area contributed by atoms with E-state index in [0.29, 0.717) is 39.1 Å². The van der Waals surface area contributed by atoms with Crippen LogP contribution in [0.2, 0.25) is 0 Å². The van der Waals surface area contributed by atoms with Gasteiger partial charge in [-0.1, -0.05) is 48.5 Å². The molecule has 2 heteroatoms. The highest BCUT2D eigenvalue weighted by atomic mass is 16.5. The SMILES string of the molecule is CC1(C)CC[C@]23CC[C@]4(C)C(CC[C@@H]5[C@@]6(C)CC[C@H](O)C(C)(C)[C@@H]6CC[C@]54C)[C@H]2C1OC3. The summed E-state index contributed by atoms with van der Waals surface area (Å²) in [5.41, 5.74) is 2.16. The smallest absolute Gasteiger partial charge is 0.0663 e. The molecule has 2 unspecified atom stereocenters. The predicted molar refractivity (Wildman–Crippen MR) is 130 cm³/mol. The fourth-order valence-corrected chi connectivity index (χ4v) is 12.0. The molecule has 5 aliphatic carbocycles. The molecule has 2 bridgehead atoms. The molecular weight excluding hydrogens is 392 g/mol. The van der Waals surface area contributed by atoms with Crippen molar-refractivity contribution >= 4 is 0 Å². The van der Waals surface area contributed by atoms with Gasteiger partial charge in [-0.3, -0.25) is 0 Å². The highest BCUT2D eigenvalue weighted by Gasteiger charge is 2.72. The van der Waals surface area contributed by atoms with E-state index in [-0.39, 0.29) is 11.5 Å². The van der Waals surface area contributed by atoms with E-state index in [9.17, 15) is 5.11 Å². The van der Waals surface area contributed by atoms with Gasteiger partial charge >= 0.3 is 0 Å². The summed E-state index contributed by atoms with van der Waals surface area (Å²) in [4.78, 5) is 0. The van der Waals surface area contributed by atoms with Crippen LogP contribution in [-0.4, -0.2) is 23.9 Å². The summed E-state index contributed by atoms with van der Waals surface area (Å²) in [5.74, 6) is 3.11. The van der Waals surface area contributed by atoms with Crippen LogP contribution in [0, 0.1) is 56.2 Å². The fourth-order valence-electron chi connectivity index (χ4n) is 12.0. The topological polar surface area (TPSA) is 29.5 Å². The third kappa shape index (κ3) is 2.41. The summed E-state index contributed by atoms with van der Waals surface area (Å²) in [5, 5.41) is 10.9. The highest BCUT2D eigenvalue weighted by molar-refractivity contribution is 5.21. The predicted octanol–water partition coefficient (Wildman–Crippen LogP) is 7.24. The molecule has 1 N–H and O–H groups in total. The number of hydrogen-bond donors (Lipinski definition) is 1. The Morgan fingerprint density at radius 1 is 0.688 bits per heavy atom. The molecule has 0 aromatic rings. The average Bonchev–Trinajstić information content (AvgIpc) is 3.05. The minimum absolute atomic E-state index is 0.0586. The number of hydrogen-bond acceptors (Lipinski definition) is 2. The van der Waals surface area contributed by atoms with Crippen LogP contribution in [0.15, 0.2) is 0 Å². The molecule has 5 saturated carbocycles. The van der Waals surface area contributed by atoms with Gasteiger partial charge in [0.15, 0.2) is 0 Å². The van der Waals surface area contributed by atoms with Crippen molar-refractivity contribution in [3.05, 3.63) is 0 Å². The lowest BCUT2D eigenvalue weighted by Crippen LogP contribution is -2.67. The molecule has 1 saturated heterocycles. The van der Waals surface area contributed by atoms with Gasteiger partial charge in [-0.25, -0.2) is 0 Å². The second kappa shape index (κ2) is 6.37. The minimum Gasteiger partial charge on any atom is -0.393 e. The van der Waals surface area contributed by atoms with Crippen molar-refractivity contribution in [1.29, 1.82) is 0 Å². The molecular formula is C30H50O2. The Bertz CT molecular complexity index is 801. The molecule has 32 heavy (non-hydrogen) atoms. The van der Waals surface area contributed by atoms with Crippen molar-refractivity contribution in [3.63, 3.8) is 0 Å². The average molecular weight is 443 g/mol. The summed E-state index contributed by atoms with van der Waals surface area (Å²) in [6, 6.07) is 0. The molecule has 6 aliphatic rings. The van der Waals surface area contributed by atoms with Crippen molar-refractivity contribution < 1.29 is 9.84 Å². The van der Waals surface area contributed by atoms with Crippen LogP contribution in [0.1, 0.15) is 113 Å². The molecule has 10 atom stereocenters. The molecule has 0 aromatic heterocycles. The molecule has 1 heterocycles. The maximum atomic E-state index is 10.9. The molecule has 182 valence electrons. The standard InChI is InChI=1S/C30H50O2/c1-25(2)14-16-30-17-15-28(6)19(23(30)24(25)32-18-30)8-9-21-27(5)12-11-22(31)26(3,4)20(27)10-13-29(21,28)7/h19-24,31H,8-18H2,1-7H3/t19?,20-,21+,22-,23-,24?,27-,28+,29+,30+/m0/s1. The van der Waals surface area contributed by atoms with E-state index in [0.717, 1.165) is 30.8 Å². The molecule has 0 spiro atoms. The maximum absolute atomic E-state index is 10.9. The second-order valence-corrected chi connectivity index (χ2v) is 15.7. The molecule has 2 nitrogen and oxygen atoms in total. The van der Waals surface area contributed by atoms with Gasteiger partial charge in [0, 0.05) is 0 Å². The van der Waals surface area contributed by atoms with Gasteiger partial charge in [-0.05, 0) is 120 Å². The summed E-state index contributed by atoms with van der Waals surface area (Å²) in [6.07, 6.45) is 13.7. The van der Waals surface area contributed by atoms with Crippen molar-refractivity contribution in [2.75, 3.05) is 6.61 Å². The zero-order valence-corrected chi connectivity index (χ0v) is 22.1. The number of aliphatic hydroxyl groups is 1. The summed E-state index contributed by atoms with van der Waals surface area (Å²) in [7, 11) is 0. The zero-order chi connectivity index (χ0) is 22.9. The Kier molecular flexibility index (Phi) is 4.46. The first-order valence-corrected chi connectivity index (χ1v) is 14.1. The quantitative estimate of drug-likeness (QED) is 0.428. The lowest BCUT2D eigenvalue weighted by atomic mass is 9.31. The van der Waals surface area contributed by atoms with Crippen LogP contribution in [0.3, 0.4) is 0 Å². The Hall–Kier alpha value is -0.0800. The Morgan fingerprint density at radius 2 is 1.41 bits per heavy atom. The zero-order valence-electron chi connectivity index (χ0n) is 22.1. The van der Waals surface area contributed by atoms with E-state index in [2.05, 4.69) is 48.5 Å². The van der Waals surface area contributed by atoms with Crippen LogP contribution in [0.5, 0.6) is 0 Å². The molecule has 6 rings (SSSR count). The first-order chi connectivity index (χ1) is 14.8. The van der Waals surface area contributed by atoms with Crippen molar-refractivity contribution in [2.24, 2.45) is 56.2 Å². The lowest BCUT2D eigenvalue weighted by Gasteiger charge is -2.73. The van der Waals surface area contributed by atoms with Gasteiger partial charge in [0.05, 0.1) is 18.8 Å². The number of rotatable bonds is 0. The van der Waals surface area contributed by atoms with Crippen LogP contribution < -0.4 is 0 Å². The number of fused-ring (bicyclic) bond motifs is 5. The maximum Gasteiger partial charge on any atom is 0.0663 e. The van der Waals surface area contributed by atoms with E-state index in [1.54, 1.807) is 0 Å². The fraction of sp³-hybridized carbons (Fsp3) is 1.00. The minimum atomic E-state index is -0.122. The van der Waals surface area contributed by atoms with Crippen LogP contribution in [-0.2, 0) is 4.74 Å². The van der Waals surface area contributed by atoms with Crippen LogP contribution in [0.25, 0.3) is 0 Å². The molecule has 0 radical (unpaired) electrons. The monoisotopic (exact) mass is 442 g/mol. The van der Waals surface area contributed by atoms with Gasteiger partial charge < -0.3 is 9.84 Å². The second-order valence-electron chi connectivity index (χ2n) is 15.7. The molecule has 0 aromatic carbocycles. The Balaban J connectivity index is 1.39. The molecule has 1 aliphatic heterocycles. The van der Waals surface area contributed by atoms with Gasteiger partial charge in [0.25, 0.3) is 0 Å². The van der Waals surface area contributed by atoms with Crippen molar-refractivity contribution in [3.8, 4) is 0 Å². The van der Waals surface area contributed by atoms with Crippen LogP contribution in [0.4, 0.5) is 0 Å². The van der Waals surface area contributed by atoms with Gasteiger partial charge in [0.2, 0.25) is 0 Å². The van der Waals surface area contributed by atoms with Gasteiger partial charge in [0.1, 0.15) is 0 Å². The normalized spacial score (nSPS) is 60.0. The highest BCUT2D eigenvalue weighted by Crippen LogP contribution is 2.78. The lowest BCUT2D eigenvalue weighted by molar-refractivity contribution is -0.252. The summed E-state index contributed by atoms with van der Waals surface area (Å²) in [6.45, 7) is 18.9. The first kappa shape index (κ1) is 22.4. The first-order valence-electron chi connectivity index (χ1n) is 14.1. The molecule has 0 amide bonds. The van der Waals surface area contributed by atoms with Crippen molar-refractivity contribution in [1.82, 2.24) is 0 Å². The van der Waals surface area contributed by atoms with Gasteiger partial charge in [-0.15, -0.1) is 0 Å². The van der Waals surface area contributed by atoms with E-state index in [4.69, 9.17) is 4.74 Å². The molecule has 6 fully saturated rings. The Labute approximate surface area is 197 Å². The van der Waals surface area contributed by atoms with E-state index >= 15 is 0 Å². The summed E-state index contributed by atoms with van der Waals surface area (Å²) >= 11 is 0. The summed E-state index contributed by atoms with van der Waals surface area (Å²) < 4.78 is 6.71. The number of aliphatic hydroxyl groups excluding tert-OH is 1. The van der Waals surface area contributed by atoms with E-state index < -0.39 is 0 Å². The Morgan fingerprint density at radius 3 is 2.16 bits per heavy atom. The van der Waals surface area contributed by atoms with E-state index in [1.807, 2.05) is 0 Å². The third-order valence-corrected chi connectivity index (χ3v) is 14.1. The van der Waals surface area contributed by atoms with E-state index in [1.165, 1.54) is 57.8 Å². The number of ether oxygens (including phenoxy) is 1. The van der Waals surface area contributed by atoms with Crippen LogP contribution >= 0.6 is 0 Å². The largest absolute Gasteiger partial charge is 0.393 e. The third-order valence-electron chi connectivity index (χ3n) is 14.1. The van der Waals surface area contributed by atoms with Gasteiger partial charge in [-0.2, -0.15) is 0 Å². The van der Waals surface area contributed by atoms with Crippen molar-refractivity contribution in [2.45, 2.75) is 125 Å².